The summed E-state index contributed by atoms with van der Waals surface area (Å²) >= 11 is 0. The van der Waals surface area contributed by atoms with Crippen LogP contribution in [0.15, 0.2) is 54.7 Å². The van der Waals surface area contributed by atoms with Crippen LogP contribution in [0, 0.1) is 23.1 Å². The van der Waals surface area contributed by atoms with Crippen molar-refractivity contribution in [1.82, 2.24) is 20.0 Å². The number of benzene rings is 2. The maximum atomic E-state index is 13.6. The number of hydrogen-bond donors (Lipinski definition) is 1. The zero-order valence-electron chi connectivity index (χ0n) is 22.1. The summed E-state index contributed by atoms with van der Waals surface area (Å²) < 4.78 is 15.4. The van der Waals surface area contributed by atoms with E-state index in [2.05, 4.69) is 35.7 Å². The summed E-state index contributed by atoms with van der Waals surface area (Å²) in [5.74, 6) is -0.264. The molecule has 39 heavy (non-hydrogen) atoms. The van der Waals surface area contributed by atoms with Crippen LogP contribution in [0.4, 0.5) is 4.39 Å². The van der Waals surface area contributed by atoms with E-state index in [0.29, 0.717) is 18.8 Å². The molecular formula is C31H32FN5O2. The van der Waals surface area contributed by atoms with Gasteiger partial charge in [0.15, 0.2) is 0 Å². The lowest BCUT2D eigenvalue weighted by Crippen LogP contribution is -2.47. The van der Waals surface area contributed by atoms with Gasteiger partial charge in [-0.15, -0.1) is 0 Å². The van der Waals surface area contributed by atoms with E-state index in [1.165, 1.54) is 17.7 Å². The smallest absolute Gasteiger partial charge is 0.225 e. The number of hydrogen-bond acceptors (Lipinski definition) is 4. The molecule has 0 unspecified atom stereocenters. The molecule has 2 saturated carbocycles. The zero-order valence-corrected chi connectivity index (χ0v) is 22.1. The van der Waals surface area contributed by atoms with Crippen LogP contribution in [0.5, 0.6) is 0 Å². The highest BCUT2D eigenvalue weighted by Crippen LogP contribution is 2.43. The van der Waals surface area contributed by atoms with E-state index in [4.69, 9.17) is 5.10 Å². The SMILES string of the molecule is CC(=O)N1CC(c2ccc(-c3cn(-c4ccc(F)cc4)nc3[C@@H]3CCCC[C@H]3C(=O)NC3(C#N)CC3)cc2)C1. The topological polar surface area (TPSA) is 91.0 Å². The predicted molar refractivity (Wildman–Crippen MR) is 144 cm³/mol. The van der Waals surface area contributed by atoms with E-state index in [1.807, 2.05) is 11.1 Å². The summed E-state index contributed by atoms with van der Waals surface area (Å²) in [6.07, 6.45) is 6.95. The lowest BCUT2D eigenvalue weighted by atomic mass is 9.75. The summed E-state index contributed by atoms with van der Waals surface area (Å²) in [6, 6.07) is 16.9. The molecule has 0 spiro atoms. The van der Waals surface area contributed by atoms with Crippen LogP contribution in [0.3, 0.4) is 0 Å². The summed E-state index contributed by atoms with van der Waals surface area (Å²) in [6.45, 7) is 3.08. The van der Waals surface area contributed by atoms with Crippen LogP contribution in [0.2, 0.25) is 0 Å². The number of carbonyl (C=O) groups excluding carboxylic acids is 2. The summed E-state index contributed by atoms with van der Waals surface area (Å²) in [4.78, 5) is 26.9. The molecule has 7 nitrogen and oxygen atoms in total. The summed E-state index contributed by atoms with van der Waals surface area (Å²) in [7, 11) is 0. The molecule has 3 fully saturated rings. The van der Waals surface area contributed by atoms with E-state index < -0.39 is 5.54 Å². The number of nitriles is 1. The minimum absolute atomic E-state index is 0.0589. The monoisotopic (exact) mass is 525 g/mol. The molecule has 3 aliphatic rings. The van der Waals surface area contributed by atoms with Gasteiger partial charge in [-0.3, -0.25) is 9.59 Å². The summed E-state index contributed by atoms with van der Waals surface area (Å²) in [5, 5.41) is 17.6. The van der Waals surface area contributed by atoms with Gasteiger partial charge in [0, 0.05) is 49.5 Å². The first-order chi connectivity index (χ1) is 18.9. The zero-order chi connectivity index (χ0) is 27.1. The Morgan fingerprint density at radius 1 is 1.05 bits per heavy atom. The molecule has 0 radical (unpaired) electrons. The normalized spacial score (nSPS) is 22.0. The molecule has 200 valence electrons. The molecule has 8 heteroatoms. The summed E-state index contributed by atoms with van der Waals surface area (Å²) in [5.41, 5.74) is 4.06. The van der Waals surface area contributed by atoms with Crippen molar-refractivity contribution in [2.75, 3.05) is 13.1 Å². The van der Waals surface area contributed by atoms with E-state index in [1.54, 1.807) is 23.7 Å². The number of amides is 2. The van der Waals surface area contributed by atoms with Crippen molar-refractivity contribution >= 4 is 11.8 Å². The standard InChI is InChI=1S/C31H32FN5O2/c1-20(38)36-16-23(17-36)21-6-8-22(9-7-21)28-18-37(25-12-10-24(32)11-13-25)35-29(28)26-4-2-3-5-27(26)30(39)34-31(19-33)14-15-31/h6-13,18,23,26-27H,2-5,14-17H2,1H3,(H,34,39)/t26-,27-/m1/s1. The van der Waals surface area contributed by atoms with E-state index in [9.17, 15) is 19.2 Å². The number of carbonyl (C=O) groups is 2. The number of likely N-dealkylation sites (tertiary alicyclic amines) is 1. The fourth-order valence-electron chi connectivity index (χ4n) is 5.98. The molecule has 6 rings (SSSR count). The molecule has 3 aromatic rings. The van der Waals surface area contributed by atoms with Crippen molar-refractivity contribution < 1.29 is 14.0 Å². The molecule has 1 aliphatic heterocycles. The van der Waals surface area contributed by atoms with Gasteiger partial charge in [0.05, 0.1) is 17.5 Å². The molecule has 2 aromatic carbocycles. The van der Waals surface area contributed by atoms with Crippen LogP contribution in [-0.2, 0) is 9.59 Å². The minimum Gasteiger partial charge on any atom is -0.342 e. The van der Waals surface area contributed by atoms with Gasteiger partial charge in [-0.1, -0.05) is 37.1 Å². The van der Waals surface area contributed by atoms with E-state index in [0.717, 1.165) is 61.3 Å². The number of rotatable bonds is 6. The fraction of sp³-hybridized carbons (Fsp3) is 0.419. The van der Waals surface area contributed by atoms with E-state index in [-0.39, 0.29) is 29.5 Å². The van der Waals surface area contributed by atoms with Crippen molar-refractivity contribution in [2.45, 2.75) is 62.8 Å². The molecule has 1 saturated heterocycles. The second-order valence-electron chi connectivity index (χ2n) is 11.3. The van der Waals surface area contributed by atoms with Gasteiger partial charge in [-0.2, -0.15) is 10.4 Å². The van der Waals surface area contributed by atoms with Crippen LogP contribution in [0.25, 0.3) is 16.8 Å². The third-order valence-corrected chi connectivity index (χ3v) is 8.63. The molecule has 1 N–H and O–H groups in total. The van der Waals surface area contributed by atoms with Crippen LogP contribution in [0.1, 0.15) is 68.5 Å². The van der Waals surface area contributed by atoms with Gasteiger partial charge >= 0.3 is 0 Å². The lowest BCUT2D eigenvalue weighted by molar-refractivity contribution is -0.133. The number of aromatic nitrogens is 2. The maximum absolute atomic E-state index is 13.6. The van der Waals surface area contributed by atoms with Crippen LogP contribution < -0.4 is 5.32 Å². The quantitative estimate of drug-likeness (QED) is 0.487. The highest BCUT2D eigenvalue weighted by atomic mass is 19.1. The molecule has 1 aromatic heterocycles. The van der Waals surface area contributed by atoms with Crippen molar-refractivity contribution in [3.8, 4) is 22.9 Å². The Bertz CT molecular complexity index is 1430. The largest absolute Gasteiger partial charge is 0.342 e. The molecular weight excluding hydrogens is 493 g/mol. The van der Waals surface area contributed by atoms with Crippen molar-refractivity contribution in [1.29, 1.82) is 5.26 Å². The third kappa shape index (κ3) is 4.94. The Kier molecular flexibility index (Phi) is 6.46. The Labute approximate surface area is 227 Å². The van der Waals surface area contributed by atoms with E-state index >= 15 is 0 Å². The molecule has 0 bridgehead atoms. The van der Waals surface area contributed by atoms with Gasteiger partial charge in [0.2, 0.25) is 11.8 Å². The fourth-order valence-corrected chi connectivity index (χ4v) is 5.98. The molecule has 2 atom stereocenters. The number of halogens is 1. The van der Waals surface area contributed by atoms with Crippen molar-refractivity contribution in [3.63, 3.8) is 0 Å². The number of nitrogens with one attached hydrogen (secondary N) is 1. The lowest BCUT2D eigenvalue weighted by Gasteiger charge is -2.39. The maximum Gasteiger partial charge on any atom is 0.225 e. The average molecular weight is 526 g/mol. The molecule has 2 amide bonds. The third-order valence-electron chi connectivity index (χ3n) is 8.63. The van der Waals surface area contributed by atoms with Gasteiger partial charge < -0.3 is 10.2 Å². The van der Waals surface area contributed by atoms with Gasteiger partial charge in [-0.05, 0) is 61.1 Å². The first-order valence-electron chi connectivity index (χ1n) is 13.8. The minimum atomic E-state index is -0.704. The Morgan fingerprint density at radius 2 is 1.74 bits per heavy atom. The molecule has 2 aliphatic carbocycles. The van der Waals surface area contributed by atoms with Gasteiger partial charge in [0.25, 0.3) is 0 Å². The average Bonchev–Trinajstić information content (AvgIpc) is 3.55. The highest BCUT2D eigenvalue weighted by Gasteiger charge is 2.47. The van der Waals surface area contributed by atoms with Gasteiger partial charge in [0.1, 0.15) is 11.4 Å². The van der Waals surface area contributed by atoms with Crippen molar-refractivity contribution in [3.05, 3.63) is 71.8 Å². The van der Waals surface area contributed by atoms with Gasteiger partial charge in [-0.25, -0.2) is 9.07 Å². The first-order valence-corrected chi connectivity index (χ1v) is 13.8. The van der Waals surface area contributed by atoms with Crippen LogP contribution in [-0.4, -0.2) is 45.1 Å². The van der Waals surface area contributed by atoms with Crippen molar-refractivity contribution in [2.24, 2.45) is 5.92 Å². The second kappa shape index (κ2) is 9.96. The highest BCUT2D eigenvalue weighted by molar-refractivity contribution is 5.82. The Morgan fingerprint density at radius 3 is 2.38 bits per heavy atom. The second-order valence-corrected chi connectivity index (χ2v) is 11.3. The predicted octanol–water partition coefficient (Wildman–Crippen LogP) is 5.07. The first kappa shape index (κ1) is 25.3. The Balaban J connectivity index is 1.34. The van der Waals surface area contributed by atoms with Crippen LogP contribution >= 0.6 is 0 Å². The molecule has 2 heterocycles. The number of nitrogens with zero attached hydrogens (tertiary/aromatic N) is 4. The Hall–Kier alpha value is -3.99.